The molecule has 0 bridgehead atoms. The van der Waals surface area contributed by atoms with Crippen LogP contribution in [0.15, 0.2) is 36.5 Å². The summed E-state index contributed by atoms with van der Waals surface area (Å²) in [6.07, 6.45) is 43.5. The number of aliphatic hydroxyl groups is 1. The molecule has 0 aliphatic heterocycles. The first-order valence-electron chi connectivity index (χ1n) is 21.9. The normalized spacial score (nSPS) is 14.8. The van der Waals surface area contributed by atoms with Crippen molar-refractivity contribution in [2.45, 2.75) is 199 Å². The number of rotatable bonds is 39. The van der Waals surface area contributed by atoms with Crippen molar-refractivity contribution in [1.82, 2.24) is 5.32 Å². The molecule has 0 aromatic rings. The highest BCUT2D eigenvalue weighted by molar-refractivity contribution is 7.47. The molecule has 312 valence electrons. The fraction of sp³-hybridized carbons (Fsp3) is 0.841. The van der Waals surface area contributed by atoms with Crippen LogP contribution in [0.25, 0.3) is 0 Å². The Morgan fingerprint density at radius 1 is 0.623 bits per heavy atom. The average molecular weight is 770 g/mol. The van der Waals surface area contributed by atoms with Crippen molar-refractivity contribution in [2.24, 2.45) is 0 Å². The Morgan fingerprint density at radius 2 is 1.04 bits per heavy atom. The Bertz CT molecular complexity index is 964. The molecule has 0 saturated carbocycles. The van der Waals surface area contributed by atoms with Crippen molar-refractivity contribution in [2.75, 3.05) is 40.9 Å². The molecule has 0 rings (SSSR count). The molecule has 0 aliphatic rings. The van der Waals surface area contributed by atoms with Crippen LogP contribution in [0.2, 0.25) is 0 Å². The summed E-state index contributed by atoms with van der Waals surface area (Å²) < 4.78 is 23.5. The second-order valence-electron chi connectivity index (χ2n) is 16.1. The van der Waals surface area contributed by atoms with Crippen LogP contribution in [0.1, 0.15) is 187 Å². The van der Waals surface area contributed by atoms with E-state index < -0.39 is 20.0 Å². The number of likely N-dealkylation sites (N-methyl/N-ethyl adjacent to an activating group) is 1. The first-order valence-corrected chi connectivity index (χ1v) is 23.4. The molecular weight excluding hydrogens is 683 g/mol. The maximum atomic E-state index is 12.8. The van der Waals surface area contributed by atoms with Crippen molar-refractivity contribution in [3.05, 3.63) is 36.5 Å². The van der Waals surface area contributed by atoms with Gasteiger partial charge in [0.1, 0.15) is 13.2 Å². The Morgan fingerprint density at radius 3 is 1.51 bits per heavy atom. The van der Waals surface area contributed by atoms with Crippen molar-refractivity contribution in [3.8, 4) is 0 Å². The van der Waals surface area contributed by atoms with Crippen LogP contribution < -0.4 is 5.32 Å². The summed E-state index contributed by atoms with van der Waals surface area (Å²) in [5.74, 6) is -0.197. The average Bonchev–Trinajstić information content (AvgIpc) is 3.10. The van der Waals surface area contributed by atoms with E-state index in [9.17, 15) is 19.4 Å². The molecule has 8 nitrogen and oxygen atoms in total. The molecule has 0 aromatic carbocycles. The van der Waals surface area contributed by atoms with Gasteiger partial charge in [0.15, 0.2) is 0 Å². The van der Waals surface area contributed by atoms with E-state index in [0.717, 1.165) is 51.4 Å². The number of aliphatic hydroxyl groups excluding tert-OH is 1. The zero-order chi connectivity index (χ0) is 39.3. The number of nitrogens with one attached hydrogen (secondary N) is 1. The van der Waals surface area contributed by atoms with Gasteiger partial charge in [0, 0.05) is 6.42 Å². The van der Waals surface area contributed by atoms with E-state index in [1.165, 1.54) is 116 Å². The fourth-order valence-corrected chi connectivity index (χ4v) is 6.79. The number of carbonyl (C=O) groups is 1. The van der Waals surface area contributed by atoms with Gasteiger partial charge in [0.2, 0.25) is 5.91 Å². The third-order valence-corrected chi connectivity index (χ3v) is 10.6. The minimum absolute atomic E-state index is 0.0545. The van der Waals surface area contributed by atoms with Crippen LogP contribution in [-0.4, -0.2) is 73.4 Å². The number of unbranched alkanes of at least 4 members (excludes halogenated alkanes) is 22. The van der Waals surface area contributed by atoms with Gasteiger partial charge in [-0.2, -0.15) is 0 Å². The number of amides is 1. The van der Waals surface area contributed by atoms with E-state index in [2.05, 4.69) is 43.5 Å². The summed E-state index contributed by atoms with van der Waals surface area (Å²) in [4.78, 5) is 23.1. The summed E-state index contributed by atoms with van der Waals surface area (Å²) in [6, 6.07) is -0.865. The number of carbonyl (C=O) groups excluding carboxylic acids is 1. The van der Waals surface area contributed by atoms with Gasteiger partial charge in [-0.05, 0) is 57.8 Å². The SMILES string of the molecule is CCCCCCCC/C=C\CCCCCCCC(=O)NC(COP(=O)(O)OCC[N+](C)(C)C)C(O)/C=C/CC/C=C/CCCCCCCCCCCC. The van der Waals surface area contributed by atoms with Crippen molar-refractivity contribution < 1.29 is 32.9 Å². The number of phosphoric acid groups is 1. The van der Waals surface area contributed by atoms with Crippen LogP contribution in [0, 0.1) is 0 Å². The predicted molar refractivity (Wildman–Crippen MR) is 226 cm³/mol. The lowest BCUT2D eigenvalue weighted by Crippen LogP contribution is -2.45. The smallest absolute Gasteiger partial charge is 0.387 e. The van der Waals surface area contributed by atoms with Gasteiger partial charge < -0.3 is 19.8 Å². The minimum atomic E-state index is -4.34. The van der Waals surface area contributed by atoms with Gasteiger partial charge in [-0.15, -0.1) is 0 Å². The van der Waals surface area contributed by atoms with E-state index in [1.807, 2.05) is 27.2 Å². The predicted octanol–water partition coefficient (Wildman–Crippen LogP) is 11.9. The molecule has 1 amide bonds. The third-order valence-electron chi connectivity index (χ3n) is 9.58. The zero-order valence-electron chi connectivity index (χ0n) is 35.3. The Balaban J connectivity index is 4.51. The summed E-state index contributed by atoms with van der Waals surface area (Å²) in [5.41, 5.74) is 0. The third kappa shape index (κ3) is 38.8. The molecule has 0 fully saturated rings. The maximum absolute atomic E-state index is 12.8. The molecule has 0 aromatic heterocycles. The van der Waals surface area contributed by atoms with Crippen LogP contribution in [0.3, 0.4) is 0 Å². The summed E-state index contributed by atoms with van der Waals surface area (Å²) in [7, 11) is 1.55. The maximum Gasteiger partial charge on any atom is 0.472 e. The molecule has 53 heavy (non-hydrogen) atoms. The number of hydrogen-bond donors (Lipinski definition) is 3. The van der Waals surface area contributed by atoms with Crippen LogP contribution >= 0.6 is 7.82 Å². The van der Waals surface area contributed by atoms with Gasteiger partial charge >= 0.3 is 7.82 Å². The standard InChI is InChI=1S/C44H85N2O6P/c1-6-8-10-12-14-16-18-20-22-24-25-27-29-31-33-35-37-43(47)42(41-52-53(49,50)51-40-39-46(3,4)5)45-44(48)38-36-34-32-30-28-26-23-21-19-17-15-13-11-9-7-2/h21,23,27,29,35,37,42-43,47H,6-20,22,24-26,28,30-34,36,38-41H2,1-5H3,(H-,45,48,49,50)/p+1/b23-21-,29-27+,37-35+. The quantitative estimate of drug-likeness (QED) is 0.0249. The van der Waals surface area contributed by atoms with E-state index in [1.54, 1.807) is 6.08 Å². The van der Waals surface area contributed by atoms with Crippen LogP contribution in [0.4, 0.5) is 0 Å². The molecule has 0 aliphatic carbocycles. The fourth-order valence-electron chi connectivity index (χ4n) is 6.05. The molecular formula is C44H86N2O6P+. The lowest BCUT2D eigenvalue weighted by Gasteiger charge is -2.25. The number of hydrogen-bond acceptors (Lipinski definition) is 5. The lowest BCUT2D eigenvalue weighted by atomic mass is 10.1. The number of allylic oxidation sites excluding steroid dienone is 5. The zero-order valence-corrected chi connectivity index (χ0v) is 36.1. The van der Waals surface area contributed by atoms with E-state index in [-0.39, 0.29) is 19.1 Å². The Kier molecular flexibility index (Phi) is 35.5. The minimum Gasteiger partial charge on any atom is -0.387 e. The molecule has 9 heteroatoms. The number of nitrogens with zero attached hydrogens (tertiary/aromatic N) is 1. The second-order valence-corrected chi connectivity index (χ2v) is 17.5. The summed E-state index contributed by atoms with van der Waals surface area (Å²) >= 11 is 0. The van der Waals surface area contributed by atoms with Gasteiger partial charge in [0.25, 0.3) is 0 Å². The van der Waals surface area contributed by atoms with Crippen molar-refractivity contribution in [3.63, 3.8) is 0 Å². The van der Waals surface area contributed by atoms with Crippen molar-refractivity contribution in [1.29, 1.82) is 0 Å². The highest BCUT2D eigenvalue weighted by Crippen LogP contribution is 2.43. The van der Waals surface area contributed by atoms with Crippen LogP contribution in [0.5, 0.6) is 0 Å². The lowest BCUT2D eigenvalue weighted by molar-refractivity contribution is -0.870. The van der Waals surface area contributed by atoms with Gasteiger partial charge in [-0.3, -0.25) is 13.8 Å². The second kappa shape index (κ2) is 36.4. The van der Waals surface area contributed by atoms with Gasteiger partial charge in [-0.25, -0.2) is 4.57 Å². The highest BCUT2D eigenvalue weighted by atomic mass is 31.2. The van der Waals surface area contributed by atoms with E-state index in [4.69, 9.17) is 9.05 Å². The molecule has 3 atom stereocenters. The molecule has 0 spiro atoms. The monoisotopic (exact) mass is 770 g/mol. The highest BCUT2D eigenvalue weighted by Gasteiger charge is 2.27. The Labute approximate surface area is 327 Å². The summed E-state index contributed by atoms with van der Waals surface area (Å²) in [6.45, 7) is 4.77. The van der Waals surface area contributed by atoms with Gasteiger partial charge in [0.05, 0.1) is 39.9 Å². The molecule has 3 N–H and O–H groups in total. The first-order chi connectivity index (χ1) is 25.5. The van der Waals surface area contributed by atoms with E-state index in [0.29, 0.717) is 17.4 Å². The molecule has 0 radical (unpaired) electrons. The largest absolute Gasteiger partial charge is 0.472 e. The molecule has 0 heterocycles. The summed E-state index contributed by atoms with van der Waals surface area (Å²) in [5, 5.41) is 13.8. The molecule has 0 saturated heterocycles. The topological polar surface area (TPSA) is 105 Å². The molecule has 3 unspecified atom stereocenters. The van der Waals surface area contributed by atoms with Gasteiger partial charge in [-0.1, -0.05) is 159 Å². The van der Waals surface area contributed by atoms with Crippen LogP contribution in [-0.2, 0) is 18.4 Å². The van der Waals surface area contributed by atoms with E-state index >= 15 is 0 Å². The number of phosphoric ester groups is 1. The Hall–Kier alpha value is -1.28. The number of quaternary nitrogens is 1. The van der Waals surface area contributed by atoms with Crippen molar-refractivity contribution >= 4 is 13.7 Å². The first kappa shape index (κ1) is 51.7.